The predicted molar refractivity (Wildman–Crippen MR) is 113 cm³/mol. The summed E-state index contributed by atoms with van der Waals surface area (Å²) in [5, 5.41) is 4.59. The van der Waals surface area contributed by atoms with Crippen molar-refractivity contribution in [1.82, 2.24) is 14.5 Å². The van der Waals surface area contributed by atoms with E-state index in [1.807, 2.05) is 41.2 Å². The Hall–Kier alpha value is -2.86. The van der Waals surface area contributed by atoms with Gasteiger partial charge in [-0.05, 0) is 62.2 Å². The van der Waals surface area contributed by atoms with E-state index < -0.39 is 5.91 Å². The summed E-state index contributed by atoms with van der Waals surface area (Å²) in [6.45, 7) is 5.77. The highest BCUT2D eigenvalue weighted by Crippen LogP contribution is 2.22. The first kappa shape index (κ1) is 18.5. The van der Waals surface area contributed by atoms with Crippen molar-refractivity contribution in [2.75, 3.05) is 25.0 Å². The van der Waals surface area contributed by atoms with Crippen LogP contribution >= 0.6 is 0 Å². The number of likely N-dealkylation sites (tertiary alicyclic amines) is 1. The molecule has 0 spiro atoms. The summed E-state index contributed by atoms with van der Waals surface area (Å²) in [5.41, 5.74) is 7.95. The van der Waals surface area contributed by atoms with Gasteiger partial charge in [-0.15, -0.1) is 0 Å². The van der Waals surface area contributed by atoms with Crippen LogP contribution in [0.25, 0.3) is 16.7 Å². The standard InChI is InChI=1S/C22H27N5O/c1-2-10-26-11-8-18(9-12-26)25-19-4-6-21(24-15-19)27-13-7-16-14-17(22(23)28)3-5-20(16)27/h3-7,13-15,18,25H,2,8-12H2,1H3,(H2,23,28). The number of hydrogen-bond donors (Lipinski definition) is 2. The number of anilines is 1. The van der Waals surface area contributed by atoms with Crippen LogP contribution in [0, 0.1) is 0 Å². The van der Waals surface area contributed by atoms with Crippen LogP contribution in [0.5, 0.6) is 0 Å². The Balaban J connectivity index is 1.45. The third-order valence-corrected chi connectivity index (χ3v) is 5.47. The van der Waals surface area contributed by atoms with Crippen LogP contribution in [0.4, 0.5) is 5.69 Å². The summed E-state index contributed by atoms with van der Waals surface area (Å²) in [7, 11) is 0. The molecule has 3 heterocycles. The second-order valence-electron chi connectivity index (χ2n) is 7.49. The average molecular weight is 377 g/mol. The third kappa shape index (κ3) is 3.87. The Morgan fingerprint density at radius 2 is 2.04 bits per heavy atom. The number of carbonyl (C=O) groups excluding carboxylic acids is 1. The maximum atomic E-state index is 11.4. The molecule has 2 aromatic heterocycles. The van der Waals surface area contributed by atoms with Gasteiger partial charge in [-0.1, -0.05) is 6.92 Å². The van der Waals surface area contributed by atoms with E-state index in [9.17, 15) is 4.79 Å². The molecular weight excluding hydrogens is 350 g/mol. The van der Waals surface area contributed by atoms with Gasteiger partial charge in [0.2, 0.25) is 5.91 Å². The minimum Gasteiger partial charge on any atom is -0.381 e. The van der Waals surface area contributed by atoms with Crippen molar-refractivity contribution in [2.45, 2.75) is 32.2 Å². The predicted octanol–water partition coefficient (Wildman–Crippen LogP) is 3.41. The van der Waals surface area contributed by atoms with Crippen molar-refractivity contribution in [3.63, 3.8) is 0 Å². The highest BCUT2D eigenvalue weighted by molar-refractivity contribution is 5.97. The Labute approximate surface area is 165 Å². The minimum atomic E-state index is -0.413. The smallest absolute Gasteiger partial charge is 0.248 e. The number of fused-ring (bicyclic) bond motifs is 1. The second kappa shape index (κ2) is 8.02. The lowest BCUT2D eigenvalue weighted by Gasteiger charge is -2.32. The van der Waals surface area contributed by atoms with E-state index in [4.69, 9.17) is 5.73 Å². The fraction of sp³-hybridized carbons (Fsp3) is 0.364. The lowest BCUT2D eigenvalue weighted by Crippen LogP contribution is -2.39. The van der Waals surface area contributed by atoms with E-state index in [1.165, 1.54) is 38.9 Å². The summed E-state index contributed by atoms with van der Waals surface area (Å²) in [5.74, 6) is 0.439. The molecule has 3 N–H and O–H groups in total. The first-order valence-corrected chi connectivity index (χ1v) is 10.0. The minimum absolute atomic E-state index is 0.413. The van der Waals surface area contributed by atoms with Crippen molar-refractivity contribution < 1.29 is 4.79 Å². The number of pyridine rings is 1. The molecule has 0 aliphatic carbocycles. The van der Waals surface area contributed by atoms with Gasteiger partial charge in [-0.3, -0.25) is 4.79 Å². The Morgan fingerprint density at radius 1 is 1.21 bits per heavy atom. The van der Waals surface area contributed by atoms with Gasteiger partial charge in [0.1, 0.15) is 5.82 Å². The number of hydrogen-bond acceptors (Lipinski definition) is 4. The molecule has 0 saturated carbocycles. The zero-order valence-electron chi connectivity index (χ0n) is 16.3. The number of benzene rings is 1. The van der Waals surface area contributed by atoms with E-state index >= 15 is 0 Å². The van der Waals surface area contributed by atoms with Crippen LogP contribution in [0.1, 0.15) is 36.5 Å². The van der Waals surface area contributed by atoms with Crippen molar-refractivity contribution in [3.05, 3.63) is 54.4 Å². The largest absolute Gasteiger partial charge is 0.381 e. The molecule has 3 aromatic rings. The number of amides is 1. The summed E-state index contributed by atoms with van der Waals surface area (Å²) in [6, 6.07) is 12.1. The topological polar surface area (TPSA) is 76.2 Å². The molecule has 146 valence electrons. The van der Waals surface area contributed by atoms with Gasteiger partial charge in [0.15, 0.2) is 0 Å². The first-order valence-electron chi connectivity index (χ1n) is 10.0. The molecule has 1 saturated heterocycles. The van der Waals surface area contributed by atoms with Crippen molar-refractivity contribution >= 4 is 22.5 Å². The van der Waals surface area contributed by atoms with Crippen LogP contribution in [0.15, 0.2) is 48.8 Å². The molecule has 0 radical (unpaired) electrons. The lowest BCUT2D eigenvalue weighted by molar-refractivity contribution is 0.100. The lowest BCUT2D eigenvalue weighted by atomic mass is 10.0. The fourth-order valence-corrected chi connectivity index (χ4v) is 3.96. The molecule has 1 aliphatic rings. The quantitative estimate of drug-likeness (QED) is 0.690. The van der Waals surface area contributed by atoms with Crippen molar-refractivity contribution in [2.24, 2.45) is 5.73 Å². The first-order chi connectivity index (χ1) is 13.6. The zero-order chi connectivity index (χ0) is 19.5. The molecule has 1 aliphatic heterocycles. The van der Waals surface area contributed by atoms with Crippen LogP contribution in [-0.4, -0.2) is 46.0 Å². The molecule has 1 fully saturated rings. The maximum Gasteiger partial charge on any atom is 0.248 e. The molecule has 6 heteroatoms. The van der Waals surface area contributed by atoms with Crippen LogP contribution < -0.4 is 11.1 Å². The van der Waals surface area contributed by atoms with Gasteiger partial charge in [0.05, 0.1) is 17.4 Å². The van der Waals surface area contributed by atoms with E-state index in [0.29, 0.717) is 11.6 Å². The molecule has 0 unspecified atom stereocenters. The number of nitrogens with zero attached hydrogens (tertiary/aromatic N) is 3. The van der Waals surface area contributed by atoms with Gasteiger partial charge in [-0.25, -0.2) is 4.98 Å². The number of aromatic nitrogens is 2. The summed E-state index contributed by atoms with van der Waals surface area (Å²) < 4.78 is 2.02. The molecule has 0 bridgehead atoms. The number of primary amides is 1. The number of rotatable bonds is 6. The molecule has 6 nitrogen and oxygen atoms in total. The SMILES string of the molecule is CCCN1CCC(Nc2ccc(-n3ccc4cc(C(N)=O)ccc43)nc2)CC1. The highest BCUT2D eigenvalue weighted by Gasteiger charge is 2.18. The van der Waals surface area contributed by atoms with Crippen molar-refractivity contribution in [3.8, 4) is 5.82 Å². The normalized spacial score (nSPS) is 15.8. The summed E-state index contributed by atoms with van der Waals surface area (Å²) in [6.07, 6.45) is 7.44. The Kier molecular flexibility index (Phi) is 5.30. The molecule has 0 atom stereocenters. The maximum absolute atomic E-state index is 11.4. The number of nitrogens with two attached hydrogens (primary N) is 1. The van der Waals surface area contributed by atoms with Crippen LogP contribution in [0.3, 0.4) is 0 Å². The third-order valence-electron chi connectivity index (χ3n) is 5.47. The summed E-state index contributed by atoms with van der Waals surface area (Å²) in [4.78, 5) is 18.5. The van der Waals surface area contributed by atoms with E-state index in [-0.39, 0.29) is 0 Å². The number of piperidine rings is 1. The molecular formula is C22H27N5O. The molecule has 28 heavy (non-hydrogen) atoms. The second-order valence-corrected chi connectivity index (χ2v) is 7.49. The molecule has 1 amide bonds. The van der Waals surface area contributed by atoms with Gasteiger partial charge in [0.25, 0.3) is 0 Å². The van der Waals surface area contributed by atoms with E-state index in [1.54, 1.807) is 6.07 Å². The van der Waals surface area contributed by atoms with Crippen LogP contribution in [0.2, 0.25) is 0 Å². The van der Waals surface area contributed by atoms with Crippen LogP contribution in [-0.2, 0) is 0 Å². The van der Waals surface area contributed by atoms with E-state index in [0.717, 1.165) is 22.4 Å². The van der Waals surface area contributed by atoms with Crippen molar-refractivity contribution in [1.29, 1.82) is 0 Å². The fourth-order valence-electron chi connectivity index (χ4n) is 3.96. The Bertz CT molecular complexity index is 955. The highest BCUT2D eigenvalue weighted by atomic mass is 16.1. The zero-order valence-corrected chi connectivity index (χ0v) is 16.3. The summed E-state index contributed by atoms with van der Waals surface area (Å²) >= 11 is 0. The van der Waals surface area contributed by atoms with Gasteiger partial charge in [-0.2, -0.15) is 0 Å². The Morgan fingerprint density at radius 3 is 2.71 bits per heavy atom. The molecule has 4 rings (SSSR count). The number of carbonyl (C=O) groups is 1. The van der Waals surface area contributed by atoms with E-state index in [2.05, 4.69) is 28.2 Å². The number of nitrogens with one attached hydrogen (secondary N) is 1. The van der Waals surface area contributed by atoms with Gasteiger partial charge >= 0.3 is 0 Å². The average Bonchev–Trinajstić information content (AvgIpc) is 3.13. The molecule has 1 aromatic carbocycles. The monoisotopic (exact) mass is 377 g/mol. The van der Waals surface area contributed by atoms with Gasteiger partial charge in [0, 0.05) is 36.3 Å². The van der Waals surface area contributed by atoms with Gasteiger partial charge < -0.3 is 20.5 Å².